The second-order valence-corrected chi connectivity index (χ2v) is 6.87. The summed E-state index contributed by atoms with van der Waals surface area (Å²) in [6, 6.07) is 14.9. The molecule has 3 aromatic rings. The first-order valence-electron chi connectivity index (χ1n) is 8.72. The highest BCUT2D eigenvalue weighted by molar-refractivity contribution is 6.31. The van der Waals surface area contributed by atoms with Crippen LogP contribution in [0.1, 0.15) is 12.5 Å². The van der Waals surface area contributed by atoms with Gasteiger partial charge in [-0.3, -0.25) is 15.2 Å². The normalized spacial score (nSPS) is 11.4. The lowest BCUT2D eigenvalue weighted by Gasteiger charge is -2.11. The minimum absolute atomic E-state index is 0.0140. The molecule has 144 valence electrons. The van der Waals surface area contributed by atoms with E-state index in [2.05, 4.69) is 15.5 Å². The van der Waals surface area contributed by atoms with E-state index in [-0.39, 0.29) is 12.5 Å². The largest absolute Gasteiger partial charge is 0.484 e. The van der Waals surface area contributed by atoms with Gasteiger partial charge in [-0.15, -0.1) is 0 Å². The molecule has 0 radical (unpaired) electrons. The van der Waals surface area contributed by atoms with Crippen molar-refractivity contribution in [3.8, 4) is 5.75 Å². The highest BCUT2D eigenvalue weighted by atomic mass is 35.5. The molecule has 1 N–H and O–H groups in total. The number of halogens is 1. The summed E-state index contributed by atoms with van der Waals surface area (Å²) in [4.78, 5) is 17.4. The zero-order chi connectivity index (χ0) is 20.1. The van der Waals surface area contributed by atoms with Crippen LogP contribution >= 0.6 is 11.6 Å². The summed E-state index contributed by atoms with van der Waals surface area (Å²) in [5, 5.41) is 6.06. The van der Waals surface area contributed by atoms with Crippen LogP contribution in [0, 0.1) is 0 Å². The summed E-state index contributed by atoms with van der Waals surface area (Å²) in [6.45, 7) is 1.93. The Labute approximate surface area is 168 Å². The Hall–Kier alpha value is -3.12. The van der Waals surface area contributed by atoms with Crippen LogP contribution in [0.4, 0.5) is 5.69 Å². The number of benzene rings is 2. The van der Waals surface area contributed by atoms with Crippen molar-refractivity contribution in [3.05, 3.63) is 65.3 Å². The van der Waals surface area contributed by atoms with Crippen LogP contribution in [0.2, 0.25) is 5.02 Å². The van der Waals surface area contributed by atoms with Crippen molar-refractivity contribution in [2.45, 2.75) is 6.92 Å². The van der Waals surface area contributed by atoms with Crippen molar-refractivity contribution in [1.82, 2.24) is 9.88 Å². The van der Waals surface area contributed by atoms with Crippen LogP contribution in [-0.4, -0.2) is 42.2 Å². The van der Waals surface area contributed by atoms with E-state index in [0.717, 1.165) is 27.9 Å². The third kappa shape index (κ3) is 4.78. The number of carbonyl (C=O) groups excluding carboxylic acids is 1. The molecule has 0 fully saturated rings. The number of hydrogen-bond acceptors (Lipinski definition) is 5. The molecular formula is C21H21ClN4O2. The second kappa shape index (κ2) is 8.71. The topological polar surface area (TPSA) is 66.8 Å². The maximum absolute atomic E-state index is 11.6. The second-order valence-electron chi connectivity index (χ2n) is 6.43. The summed E-state index contributed by atoms with van der Waals surface area (Å²) in [5.74, 6) is 0.550. The van der Waals surface area contributed by atoms with E-state index in [4.69, 9.17) is 16.3 Å². The van der Waals surface area contributed by atoms with Crippen molar-refractivity contribution in [2.24, 2.45) is 5.10 Å². The molecule has 0 aliphatic carbocycles. The number of rotatable bonds is 6. The van der Waals surface area contributed by atoms with Gasteiger partial charge in [-0.25, -0.2) is 0 Å². The third-order valence-corrected chi connectivity index (χ3v) is 4.42. The van der Waals surface area contributed by atoms with Gasteiger partial charge in [0.1, 0.15) is 5.75 Å². The van der Waals surface area contributed by atoms with E-state index in [1.54, 1.807) is 20.3 Å². The molecule has 0 aliphatic rings. The maximum Gasteiger partial charge on any atom is 0.259 e. The van der Waals surface area contributed by atoms with Gasteiger partial charge in [-0.2, -0.15) is 5.10 Å². The van der Waals surface area contributed by atoms with Crippen LogP contribution < -0.4 is 10.2 Å². The van der Waals surface area contributed by atoms with Gasteiger partial charge < -0.3 is 9.64 Å². The van der Waals surface area contributed by atoms with Gasteiger partial charge in [0.05, 0.1) is 16.9 Å². The van der Waals surface area contributed by atoms with Gasteiger partial charge in [-0.1, -0.05) is 11.6 Å². The van der Waals surface area contributed by atoms with E-state index in [9.17, 15) is 4.79 Å². The number of fused-ring (bicyclic) bond motifs is 1. The number of anilines is 1. The smallest absolute Gasteiger partial charge is 0.259 e. The fourth-order valence-corrected chi connectivity index (χ4v) is 2.66. The van der Waals surface area contributed by atoms with Gasteiger partial charge in [0, 0.05) is 30.7 Å². The Bertz CT molecular complexity index is 1020. The summed E-state index contributed by atoms with van der Waals surface area (Å²) < 4.78 is 5.49. The number of amides is 1. The summed E-state index contributed by atoms with van der Waals surface area (Å²) in [5.41, 5.74) is 6.51. The summed E-state index contributed by atoms with van der Waals surface area (Å²) in [7, 11) is 3.39. The molecule has 0 spiro atoms. The molecule has 1 aromatic heterocycles. The van der Waals surface area contributed by atoms with Gasteiger partial charge in [0.2, 0.25) is 0 Å². The number of hydrazone groups is 1. The first kappa shape index (κ1) is 19.6. The van der Waals surface area contributed by atoms with Crippen molar-refractivity contribution < 1.29 is 9.53 Å². The Morgan fingerprint density at radius 2 is 1.93 bits per heavy atom. The zero-order valence-electron chi connectivity index (χ0n) is 15.9. The van der Waals surface area contributed by atoms with E-state index in [1.165, 1.54) is 4.90 Å². The lowest BCUT2D eigenvalue weighted by atomic mass is 10.1. The highest BCUT2D eigenvalue weighted by Gasteiger charge is 2.06. The van der Waals surface area contributed by atoms with E-state index in [1.807, 2.05) is 55.5 Å². The van der Waals surface area contributed by atoms with Gasteiger partial charge in [-0.05, 0) is 61.0 Å². The number of ether oxygens (including phenoxy) is 1. The lowest BCUT2D eigenvalue weighted by molar-refractivity contribution is -0.130. The van der Waals surface area contributed by atoms with Gasteiger partial charge >= 0.3 is 0 Å². The van der Waals surface area contributed by atoms with Crippen molar-refractivity contribution in [3.63, 3.8) is 0 Å². The van der Waals surface area contributed by atoms with Crippen molar-refractivity contribution in [2.75, 3.05) is 26.1 Å². The third-order valence-electron chi connectivity index (χ3n) is 4.18. The van der Waals surface area contributed by atoms with E-state index >= 15 is 0 Å². The standard InChI is InChI=1S/C21H21ClN4O2/c1-14(15-4-7-17(8-5-15)28-13-21(27)26(2)3)24-25-19-10-11-23-20-12-16(22)6-9-18(19)20/h4-12H,13H2,1-3H3,(H,23,25)/b24-14-. The van der Waals surface area contributed by atoms with E-state index in [0.29, 0.717) is 10.8 Å². The molecule has 0 saturated carbocycles. The zero-order valence-corrected chi connectivity index (χ0v) is 16.7. The monoisotopic (exact) mass is 396 g/mol. The molecule has 0 atom stereocenters. The number of pyridine rings is 1. The molecular weight excluding hydrogens is 376 g/mol. The molecule has 0 unspecified atom stereocenters. The van der Waals surface area contributed by atoms with Crippen LogP contribution in [0.25, 0.3) is 10.9 Å². The highest BCUT2D eigenvalue weighted by Crippen LogP contribution is 2.24. The Morgan fingerprint density at radius 1 is 1.18 bits per heavy atom. The Morgan fingerprint density at radius 3 is 2.64 bits per heavy atom. The number of hydrogen-bond donors (Lipinski definition) is 1. The van der Waals surface area contributed by atoms with Crippen LogP contribution in [-0.2, 0) is 4.79 Å². The molecule has 1 heterocycles. The fourth-order valence-electron chi connectivity index (χ4n) is 2.49. The van der Waals surface area contributed by atoms with Crippen molar-refractivity contribution >= 4 is 39.8 Å². The predicted molar refractivity (Wildman–Crippen MR) is 113 cm³/mol. The molecule has 1 amide bonds. The number of nitrogens with zero attached hydrogens (tertiary/aromatic N) is 3. The Balaban J connectivity index is 1.69. The molecule has 7 heteroatoms. The SMILES string of the molecule is C/C(=N/Nc1ccnc2cc(Cl)ccc12)c1ccc(OCC(=O)N(C)C)cc1. The van der Waals surface area contributed by atoms with Crippen LogP contribution in [0.3, 0.4) is 0 Å². The number of carbonyl (C=O) groups is 1. The quantitative estimate of drug-likeness (QED) is 0.501. The van der Waals surface area contributed by atoms with Crippen LogP contribution in [0.15, 0.2) is 59.8 Å². The van der Waals surface area contributed by atoms with Crippen molar-refractivity contribution in [1.29, 1.82) is 0 Å². The average Bonchev–Trinajstić information content (AvgIpc) is 2.70. The Kier molecular flexibility index (Phi) is 6.11. The number of nitrogens with one attached hydrogen (secondary N) is 1. The fraction of sp³-hybridized carbons (Fsp3) is 0.190. The molecule has 0 saturated heterocycles. The van der Waals surface area contributed by atoms with E-state index < -0.39 is 0 Å². The minimum atomic E-state index is -0.0862. The first-order valence-corrected chi connectivity index (χ1v) is 9.10. The average molecular weight is 397 g/mol. The summed E-state index contributed by atoms with van der Waals surface area (Å²) >= 11 is 6.03. The molecule has 6 nitrogen and oxygen atoms in total. The molecule has 0 aliphatic heterocycles. The predicted octanol–water partition coefficient (Wildman–Crippen LogP) is 4.19. The number of aromatic nitrogens is 1. The number of likely N-dealkylation sites (N-methyl/N-ethyl adjacent to an activating group) is 1. The maximum atomic E-state index is 11.6. The molecule has 2 aromatic carbocycles. The first-order chi connectivity index (χ1) is 13.4. The van der Waals surface area contributed by atoms with Gasteiger partial charge in [0.15, 0.2) is 6.61 Å². The lowest BCUT2D eigenvalue weighted by Crippen LogP contribution is -2.27. The van der Waals surface area contributed by atoms with Crippen LogP contribution in [0.5, 0.6) is 5.75 Å². The molecule has 28 heavy (non-hydrogen) atoms. The van der Waals surface area contributed by atoms with Gasteiger partial charge in [0.25, 0.3) is 5.91 Å². The molecule has 0 bridgehead atoms. The minimum Gasteiger partial charge on any atom is -0.484 e. The summed E-state index contributed by atoms with van der Waals surface area (Å²) in [6.07, 6.45) is 1.72. The molecule has 3 rings (SSSR count).